The second kappa shape index (κ2) is 6.54. The number of nitrogens with one attached hydrogen (secondary N) is 2. The summed E-state index contributed by atoms with van der Waals surface area (Å²) in [6, 6.07) is 13.8. The first-order valence-corrected chi connectivity index (χ1v) is 7.50. The lowest BCUT2D eigenvalue weighted by Crippen LogP contribution is -2.37. The molecule has 1 aliphatic rings. The van der Waals surface area contributed by atoms with Crippen molar-refractivity contribution in [1.29, 1.82) is 0 Å². The summed E-state index contributed by atoms with van der Waals surface area (Å²) in [6.07, 6.45) is -0.545. The Morgan fingerprint density at radius 3 is 2.50 bits per heavy atom. The van der Waals surface area contributed by atoms with Gasteiger partial charge in [-0.05, 0) is 29.8 Å². The van der Waals surface area contributed by atoms with E-state index in [0.29, 0.717) is 23.4 Å². The van der Waals surface area contributed by atoms with Crippen molar-refractivity contribution in [1.82, 2.24) is 0 Å². The molecule has 24 heavy (non-hydrogen) atoms. The van der Waals surface area contributed by atoms with Crippen molar-refractivity contribution in [3.63, 3.8) is 0 Å². The molecule has 1 aliphatic heterocycles. The number of carbonyl (C=O) groups is 3. The Balaban J connectivity index is 1.72. The fraction of sp³-hybridized carbons (Fsp3) is 0.167. The maximum Gasteiger partial charge on any atom is 0.339 e. The van der Waals surface area contributed by atoms with Crippen molar-refractivity contribution in [2.24, 2.45) is 0 Å². The zero-order chi connectivity index (χ0) is 17.1. The number of ether oxygens (including phenoxy) is 1. The van der Waals surface area contributed by atoms with Crippen LogP contribution in [0.5, 0.6) is 0 Å². The van der Waals surface area contributed by atoms with Gasteiger partial charge in [0.1, 0.15) is 0 Å². The van der Waals surface area contributed by atoms with E-state index in [1.54, 1.807) is 36.4 Å². The molecule has 1 heterocycles. The van der Waals surface area contributed by atoms with Gasteiger partial charge in [0.25, 0.3) is 5.91 Å². The van der Waals surface area contributed by atoms with E-state index >= 15 is 0 Å². The van der Waals surface area contributed by atoms with Gasteiger partial charge in [-0.1, -0.05) is 24.3 Å². The fourth-order valence-corrected chi connectivity index (χ4v) is 2.58. The van der Waals surface area contributed by atoms with Gasteiger partial charge in [-0.3, -0.25) is 9.59 Å². The molecule has 1 atom stereocenters. The first-order chi connectivity index (χ1) is 11.5. The van der Waals surface area contributed by atoms with Gasteiger partial charge in [0.2, 0.25) is 5.91 Å². The Morgan fingerprint density at radius 2 is 1.75 bits per heavy atom. The van der Waals surface area contributed by atoms with Crippen LogP contribution in [-0.2, 0) is 20.7 Å². The van der Waals surface area contributed by atoms with Crippen LogP contribution in [0.3, 0.4) is 0 Å². The highest BCUT2D eigenvalue weighted by Crippen LogP contribution is 2.22. The first kappa shape index (κ1) is 15.7. The molecule has 0 bridgehead atoms. The number of esters is 1. The normalized spacial score (nSPS) is 15.9. The molecule has 122 valence electrons. The lowest BCUT2D eigenvalue weighted by atomic mass is 9.98. The minimum absolute atomic E-state index is 0.198. The van der Waals surface area contributed by atoms with E-state index < -0.39 is 18.0 Å². The van der Waals surface area contributed by atoms with E-state index in [1.165, 1.54) is 6.92 Å². The van der Waals surface area contributed by atoms with Gasteiger partial charge in [0, 0.05) is 24.7 Å². The predicted octanol–water partition coefficient (Wildman–Crippen LogP) is 2.37. The maximum absolute atomic E-state index is 12.4. The molecular weight excluding hydrogens is 308 g/mol. The highest BCUT2D eigenvalue weighted by Gasteiger charge is 2.31. The molecule has 0 fully saturated rings. The molecule has 0 radical (unpaired) electrons. The molecule has 6 nitrogen and oxygen atoms in total. The van der Waals surface area contributed by atoms with Gasteiger partial charge >= 0.3 is 5.97 Å². The Hall–Kier alpha value is -3.15. The molecule has 0 saturated carbocycles. The van der Waals surface area contributed by atoms with Crippen molar-refractivity contribution < 1.29 is 19.1 Å². The van der Waals surface area contributed by atoms with Gasteiger partial charge in [0.05, 0.1) is 5.56 Å². The van der Waals surface area contributed by atoms with Crippen LogP contribution in [0.25, 0.3) is 0 Å². The van der Waals surface area contributed by atoms with Gasteiger partial charge in [-0.25, -0.2) is 4.79 Å². The lowest BCUT2D eigenvalue weighted by molar-refractivity contribution is -0.125. The average molecular weight is 324 g/mol. The molecular formula is C18H16N2O4. The third-order valence-electron chi connectivity index (χ3n) is 3.63. The highest BCUT2D eigenvalue weighted by molar-refractivity contribution is 6.00. The molecule has 2 aromatic rings. The summed E-state index contributed by atoms with van der Waals surface area (Å²) >= 11 is 0. The topological polar surface area (TPSA) is 84.5 Å². The molecule has 0 unspecified atom stereocenters. The van der Waals surface area contributed by atoms with Crippen LogP contribution >= 0.6 is 0 Å². The Labute approximate surface area is 138 Å². The lowest BCUT2D eigenvalue weighted by Gasteiger charge is -2.23. The van der Waals surface area contributed by atoms with Crippen molar-refractivity contribution in [2.45, 2.75) is 19.4 Å². The number of benzene rings is 2. The molecule has 0 aromatic heterocycles. The largest absolute Gasteiger partial charge is 0.448 e. The number of anilines is 2. The number of hydrogen-bond acceptors (Lipinski definition) is 4. The number of hydrogen-bond donors (Lipinski definition) is 2. The van der Waals surface area contributed by atoms with Crippen LogP contribution in [0.1, 0.15) is 22.8 Å². The molecule has 3 rings (SSSR count). The second-order valence-corrected chi connectivity index (χ2v) is 5.51. The van der Waals surface area contributed by atoms with Crippen LogP contribution in [0.4, 0.5) is 11.4 Å². The molecule has 0 aliphatic carbocycles. The molecule has 6 heteroatoms. The summed E-state index contributed by atoms with van der Waals surface area (Å²) in [7, 11) is 0. The van der Waals surface area contributed by atoms with Gasteiger partial charge in [-0.15, -0.1) is 0 Å². The van der Waals surface area contributed by atoms with Crippen molar-refractivity contribution in [3.8, 4) is 0 Å². The Morgan fingerprint density at radius 1 is 1.04 bits per heavy atom. The number of fused-ring (bicyclic) bond motifs is 1. The van der Waals surface area contributed by atoms with E-state index in [9.17, 15) is 14.4 Å². The molecule has 0 saturated heterocycles. The van der Waals surface area contributed by atoms with Crippen molar-refractivity contribution in [2.75, 3.05) is 10.6 Å². The summed E-state index contributed by atoms with van der Waals surface area (Å²) in [6.45, 7) is 1.41. The van der Waals surface area contributed by atoms with Crippen LogP contribution in [0, 0.1) is 0 Å². The van der Waals surface area contributed by atoms with Crippen molar-refractivity contribution >= 4 is 29.2 Å². The van der Waals surface area contributed by atoms with E-state index in [1.807, 2.05) is 12.1 Å². The van der Waals surface area contributed by atoms with Crippen LogP contribution in [0.15, 0.2) is 48.5 Å². The summed E-state index contributed by atoms with van der Waals surface area (Å²) < 4.78 is 5.22. The van der Waals surface area contributed by atoms with Crippen LogP contribution in [-0.4, -0.2) is 23.9 Å². The number of rotatable bonds is 3. The molecule has 2 amide bonds. The standard InChI is InChI=1S/C18H16N2O4/c1-11(21)19-13-6-4-7-14(10-13)20-17(22)16-9-12-5-2-3-8-15(12)18(23)24-16/h2-8,10,16H,9H2,1H3,(H,19,21)(H,20,22)/t16-/m0/s1. The zero-order valence-electron chi connectivity index (χ0n) is 13.0. The molecule has 0 spiro atoms. The van der Waals surface area contributed by atoms with E-state index in [0.717, 1.165) is 5.56 Å². The Kier molecular flexibility index (Phi) is 4.29. The van der Waals surface area contributed by atoms with Gasteiger partial charge in [0.15, 0.2) is 6.10 Å². The zero-order valence-corrected chi connectivity index (χ0v) is 13.0. The van der Waals surface area contributed by atoms with Crippen molar-refractivity contribution in [3.05, 3.63) is 59.7 Å². The number of carbonyl (C=O) groups excluding carboxylic acids is 3. The minimum Gasteiger partial charge on any atom is -0.448 e. The van der Waals surface area contributed by atoms with Gasteiger partial charge in [-0.2, -0.15) is 0 Å². The third-order valence-corrected chi connectivity index (χ3v) is 3.63. The Bertz CT molecular complexity index is 816. The highest BCUT2D eigenvalue weighted by atomic mass is 16.5. The van der Waals surface area contributed by atoms with Crippen LogP contribution in [0.2, 0.25) is 0 Å². The summed E-state index contributed by atoms with van der Waals surface area (Å²) in [5, 5.41) is 5.35. The second-order valence-electron chi connectivity index (χ2n) is 5.51. The van der Waals surface area contributed by atoms with E-state index in [2.05, 4.69) is 10.6 Å². The molecule has 2 N–H and O–H groups in total. The summed E-state index contributed by atoms with van der Waals surface area (Å²) in [4.78, 5) is 35.5. The maximum atomic E-state index is 12.4. The fourth-order valence-electron chi connectivity index (χ4n) is 2.58. The summed E-state index contributed by atoms with van der Waals surface area (Å²) in [5.41, 5.74) is 2.38. The third kappa shape index (κ3) is 3.43. The SMILES string of the molecule is CC(=O)Nc1cccc(NC(=O)[C@@H]2Cc3ccccc3C(=O)O2)c1. The van der Waals surface area contributed by atoms with E-state index in [-0.39, 0.29) is 5.91 Å². The predicted molar refractivity (Wildman–Crippen MR) is 88.7 cm³/mol. The first-order valence-electron chi connectivity index (χ1n) is 7.50. The number of amides is 2. The smallest absolute Gasteiger partial charge is 0.339 e. The average Bonchev–Trinajstić information content (AvgIpc) is 2.54. The quantitative estimate of drug-likeness (QED) is 0.849. The summed E-state index contributed by atoms with van der Waals surface area (Å²) in [5.74, 6) is -1.10. The minimum atomic E-state index is -0.878. The van der Waals surface area contributed by atoms with Crippen LogP contribution < -0.4 is 10.6 Å². The molecule has 2 aromatic carbocycles. The van der Waals surface area contributed by atoms with Gasteiger partial charge < -0.3 is 15.4 Å². The number of cyclic esters (lactones) is 1. The van der Waals surface area contributed by atoms with E-state index in [4.69, 9.17) is 4.74 Å². The monoisotopic (exact) mass is 324 g/mol.